The summed E-state index contributed by atoms with van der Waals surface area (Å²) in [6.45, 7) is 4.45. The number of piperidine rings is 1. The summed E-state index contributed by atoms with van der Waals surface area (Å²) in [4.78, 5) is 14.7. The lowest BCUT2D eigenvalue weighted by Gasteiger charge is -2.31. The molecule has 0 unspecified atom stereocenters. The van der Waals surface area contributed by atoms with Gasteiger partial charge in [-0.2, -0.15) is 0 Å². The van der Waals surface area contributed by atoms with E-state index in [4.69, 9.17) is 0 Å². The molecule has 2 rings (SSSR count). The van der Waals surface area contributed by atoms with Crippen molar-refractivity contribution in [2.24, 2.45) is 5.92 Å². The molecular weight excluding hydrogens is 344 g/mol. The molecule has 0 atom stereocenters. The van der Waals surface area contributed by atoms with Crippen molar-refractivity contribution in [2.45, 2.75) is 24.7 Å². The Morgan fingerprint density at radius 2 is 1.96 bits per heavy atom. The number of anilines is 1. The van der Waals surface area contributed by atoms with Crippen LogP contribution in [0.2, 0.25) is 0 Å². The van der Waals surface area contributed by atoms with Crippen molar-refractivity contribution in [1.82, 2.24) is 9.62 Å². The number of nitro benzene ring substituents is 1. The molecule has 0 amide bonds. The fourth-order valence-electron chi connectivity index (χ4n) is 2.82. The van der Waals surface area contributed by atoms with Crippen LogP contribution in [-0.4, -0.2) is 58.5 Å². The molecule has 1 aromatic carbocycles. The number of nitrogens with one attached hydrogen (secondary N) is 1. The van der Waals surface area contributed by atoms with Gasteiger partial charge in [0, 0.05) is 32.2 Å². The number of nitro groups is 1. The third-order valence-corrected chi connectivity index (χ3v) is 5.89. The van der Waals surface area contributed by atoms with Crippen molar-refractivity contribution in [3.63, 3.8) is 0 Å². The Bertz CT molecular complexity index is 713. The molecule has 1 N–H and O–H groups in total. The molecule has 1 fully saturated rings. The predicted molar refractivity (Wildman–Crippen MR) is 97.4 cm³/mol. The van der Waals surface area contributed by atoms with E-state index in [1.165, 1.54) is 6.07 Å². The van der Waals surface area contributed by atoms with Gasteiger partial charge in [0.1, 0.15) is 5.69 Å². The minimum Gasteiger partial charge on any atom is -0.366 e. The number of hydrogen-bond donors (Lipinski definition) is 1. The van der Waals surface area contributed by atoms with Crippen LogP contribution in [0.25, 0.3) is 0 Å². The summed E-state index contributed by atoms with van der Waals surface area (Å²) < 4.78 is 27.2. The molecule has 1 saturated heterocycles. The topological polar surface area (TPSA) is 95.8 Å². The van der Waals surface area contributed by atoms with Gasteiger partial charge in [-0.1, -0.05) is 6.92 Å². The van der Waals surface area contributed by atoms with Gasteiger partial charge in [0.15, 0.2) is 0 Å². The third-order valence-electron chi connectivity index (χ3n) is 4.43. The van der Waals surface area contributed by atoms with E-state index in [0.717, 1.165) is 32.0 Å². The van der Waals surface area contributed by atoms with E-state index in [9.17, 15) is 18.5 Å². The molecule has 1 heterocycles. The van der Waals surface area contributed by atoms with Gasteiger partial charge >= 0.3 is 0 Å². The molecule has 0 aliphatic carbocycles. The lowest BCUT2D eigenvalue weighted by Crippen LogP contribution is -2.33. The van der Waals surface area contributed by atoms with Gasteiger partial charge in [0.05, 0.1) is 9.82 Å². The first kappa shape index (κ1) is 19.6. The maximum absolute atomic E-state index is 12.4. The van der Waals surface area contributed by atoms with Crippen molar-refractivity contribution in [3.8, 4) is 0 Å². The van der Waals surface area contributed by atoms with Crippen LogP contribution in [0.5, 0.6) is 0 Å². The number of sulfonamides is 1. The van der Waals surface area contributed by atoms with Crippen molar-refractivity contribution < 1.29 is 13.3 Å². The Morgan fingerprint density at radius 3 is 2.52 bits per heavy atom. The van der Waals surface area contributed by atoms with Gasteiger partial charge in [0.25, 0.3) is 5.69 Å². The smallest absolute Gasteiger partial charge is 0.293 e. The van der Waals surface area contributed by atoms with Crippen LogP contribution in [-0.2, 0) is 10.0 Å². The first-order valence-electron chi connectivity index (χ1n) is 8.38. The van der Waals surface area contributed by atoms with Crippen LogP contribution in [0.1, 0.15) is 19.8 Å². The van der Waals surface area contributed by atoms with Gasteiger partial charge in [-0.25, -0.2) is 13.1 Å². The van der Waals surface area contributed by atoms with E-state index in [1.807, 2.05) is 23.9 Å². The van der Waals surface area contributed by atoms with Gasteiger partial charge in [-0.05, 0) is 45.0 Å². The molecule has 0 saturated carbocycles. The van der Waals surface area contributed by atoms with Crippen LogP contribution in [0, 0.1) is 16.0 Å². The van der Waals surface area contributed by atoms with Crippen molar-refractivity contribution in [1.29, 1.82) is 0 Å². The number of rotatable bonds is 7. The predicted octanol–water partition coefficient (Wildman–Crippen LogP) is 1.67. The van der Waals surface area contributed by atoms with E-state index < -0.39 is 14.9 Å². The molecule has 1 aromatic rings. The number of benzene rings is 1. The highest BCUT2D eigenvalue weighted by molar-refractivity contribution is 7.89. The molecule has 140 valence electrons. The zero-order valence-corrected chi connectivity index (χ0v) is 15.8. The zero-order chi connectivity index (χ0) is 18.6. The highest BCUT2D eigenvalue weighted by Crippen LogP contribution is 2.33. The van der Waals surface area contributed by atoms with E-state index in [-0.39, 0.29) is 17.1 Å². The Morgan fingerprint density at radius 1 is 1.32 bits per heavy atom. The highest BCUT2D eigenvalue weighted by Gasteiger charge is 2.26. The Balaban J connectivity index is 2.24. The molecule has 25 heavy (non-hydrogen) atoms. The zero-order valence-electron chi connectivity index (χ0n) is 14.9. The summed E-state index contributed by atoms with van der Waals surface area (Å²) in [5.41, 5.74) is 0.328. The van der Waals surface area contributed by atoms with E-state index >= 15 is 0 Å². The fourth-order valence-corrected chi connectivity index (χ4v) is 3.86. The van der Waals surface area contributed by atoms with E-state index in [2.05, 4.69) is 11.6 Å². The summed E-state index contributed by atoms with van der Waals surface area (Å²) in [7, 11) is -0.0865. The van der Waals surface area contributed by atoms with Crippen LogP contribution in [0.15, 0.2) is 23.1 Å². The van der Waals surface area contributed by atoms with Gasteiger partial charge in [0.2, 0.25) is 10.0 Å². The van der Waals surface area contributed by atoms with Crippen molar-refractivity contribution in [3.05, 3.63) is 28.3 Å². The Hall–Kier alpha value is -1.71. The molecule has 0 spiro atoms. The average molecular weight is 370 g/mol. The first-order chi connectivity index (χ1) is 11.7. The van der Waals surface area contributed by atoms with Crippen LogP contribution in [0.4, 0.5) is 11.4 Å². The summed E-state index contributed by atoms with van der Waals surface area (Å²) in [6.07, 6.45) is 1.95. The van der Waals surface area contributed by atoms with E-state index in [0.29, 0.717) is 18.2 Å². The number of hydrogen-bond acceptors (Lipinski definition) is 6. The fraction of sp³-hybridized carbons (Fsp3) is 0.625. The summed E-state index contributed by atoms with van der Waals surface area (Å²) >= 11 is 0. The maximum atomic E-state index is 12.4. The minimum absolute atomic E-state index is 0.0768. The molecule has 9 heteroatoms. The lowest BCUT2D eigenvalue weighted by molar-refractivity contribution is -0.384. The van der Waals surface area contributed by atoms with Gasteiger partial charge in [-0.3, -0.25) is 10.1 Å². The van der Waals surface area contributed by atoms with Crippen LogP contribution < -0.4 is 9.62 Å². The second-order valence-electron chi connectivity index (χ2n) is 6.78. The summed E-state index contributed by atoms with van der Waals surface area (Å²) in [5, 5.41) is 11.5. The number of likely N-dealkylation sites (N-methyl/N-ethyl adjacent to an activating group) is 1. The quantitative estimate of drug-likeness (QED) is 0.579. The molecular formula is C16H26N4O4S. The molecule has 8 nitrogen and oxygen atoms in total. The average Bonchev–Trinajstić information content (AvgIpc) is 2.54. The standard InChI is InChI=1S/C16H26N4O4S/c1-13-6-9-19(10-7-13)15-5-4-14(12-16(15)20(21)22)25(23,24)17-8-11-18(2)3/h4-5,12-13,17H,6-11H2,1-3H3. The van der Waals surface area contributed by atoms with Gasteiger partial charge < -0.3 is 9.80 Å². The monoisotopic (exact) mass is 370 g/mol. The molecule has 1 aliphatic rings. The highest BCUT2D eigenvalue weighted by atomic mass is 32.2. The van der Waals surface area contributed by atoms with Crippen LogP contribution in [0.3, 0.4) is 0 Å². The normalized spacial score (nSPS) is 16.4. The lowest BCUT2D eigenvalue weighted by atomic mass is 9.98. The van der Waals surface area contributed by atoms with Crippen LogP contribution >= 0.6 is 0 Å². The molecule has 0 aromatic heterocycles. The molecule has 0 bridgehead atoms. The summed E-state index contributed by atoms with van der Waals surface area (Å²) in [6, 6.07) is 4.15. The molecule has 1 aliphatic heterocycles. The Kier molecular flexibility index (Phi) is 6.36. The second-order valence-corrected chi connectivity index (χ2v) is 8.55. The molecule has 0 radical (unpaired) electrons. The largest absolute Gasteiger partial charge is 0.366 e. The maximum Gasteiger partial charge on any atom is 0.293 e. The van der Waals surface area contributed by atoms with E-state index in [1.54, 1.807) is 6.07 Å². The second kappa shape index (κ2) is 8.11. The SMILES string of the molecule is CC1CCN(c2ccc(S(=O)(=O)NCCN(C)C)cc2[N+](=O)[O-])CC1. The first-order valence-corrected chi connectivity index (χ1v) is 9.87. The van der Waals surface area contributed by atoms with Gasteiger partial charge in [-0.15, -0.1) is 0 Å². The minimum atomic E-state index is -3.77. The number of nitrogens with zero attached hydrogens (tertiary/aromatic N) is 3. The van der Waals surface area contributed by atoms with Crippen molar-refractivity contribution >= 4 is 21.4 Å². The van der Waals surface area contributed by atoms with Crippen molar-refractivity contribution in [2.75, 3.05) is 45.2 Å². The summed E-state index contributed by atoms with van der Waals surface area (Å²) in [5.74, 6) is 0.607. The third kappa shape index (κ3) is 5.13. The Labute approximate surface area is 149 Å².